The Balaban J connectivity index is 1.78. The number of rotatable bonds is 2. The van der Waals surface area contributed by atoms with Gasteiger partial charge in [0.15, 0.2) is 0 Å². The van der Waals surface area contributed by atoms with E-state index in [2.05, 4.69) is 37.1 Å². The number of nitrogens with one attached hydrogen (secondary N) is 1. The summed E-state index contributed by atoms with van der Waals surface area (Å²) in [4.78, 5) is 19.4. The number of carbonyl (C=O) groups excluding carboxylic acids is 1. The summed E-state index contributed by atoms with van der Waals surface area (Å²) in [6, 6.07) is 4.35. The molecule has 0 bridgehead atoms. The Morgan fingerprint density at radius 3 is 2.96 bits per heavy atom. The largest absolute Gasteiger partial charge is 0.375 e. The van der Waals surface area contributed by atoms with E-state index in [9.17, 15) is 4.79 Å². The Hall–Kier alpha value is -1.46. The molecule has 23 heavy (non-hydrogen) atoms. The maximum atomic E-state index is 12.8. The van der Waals surface area contributed by atoms with Crippen LogP contribution in [0, 0.1) is 0 Å². The number of ether oxygens (including phenoxy) is 1. The predicted molar refractivity (Wildman–Crippen MR) is 89.5 cm³/mol. The highest BCUT2D eigenvalue weighted by Crippen LogP contribution is 2.28. The SMILES string of the molecule is CC1NCCc2ccc(C(=O)N(C)[C@@H]3CCOC(C)(C)C3)nc21. The number of carbonyl (C=O) groups is 1. The van der Waals surface area contributed by atoms with Gasteiger partial charge in [0.1, 0.15) is 5.69 Å². The standard InChI is InChI=1S/C18H27N3O2/c1-12-16-13(7-9-19-12)5-6-15(20-16)17(22)21(4)14-8-10-23-18(2,3)11-14/h5-6,12,14,19H,7-11H2,1-4H3/t12?,14-/m1/s1. The summed E-state index contributed by atoms with van der Waals surface area (Å²) in [7, 11) is 1.89. The topological polar surface area (TPSA) is 54.5 Å². The number of fused-ring (bicyclic) bond motifs is 1. The molecule has 3 rings (SSSR count). The van der Waals surface area contributed by atoms with Crippen LogP contribution in [0.4, 0.5) is 0 Å². The van der Waals surface area contributed by atoms with Crippen molar-refractivity contribution in [3.63, 3.8) is 0 Å². The summed E-state index contributed by atoms with van der Waals surface area (Å²) in [5.74, 6) is 0.00766. The van der Waals surface area contributed by atoms with Crippen LogP contribution < -0.4 is 5.32 Å². The van der Waals surface area contributed by atoms with E-state index in [-0.39, 0.29) is 23.6 Å². The Morgan fingerprint density at radius 1 is 1.43 bits per heavy atom. The number of amides is 1. The molecule has 2 aliphatic heterocycles. The molecule has 0 spiro atoms. The molecule has 1 fully saturated rings. The van der Waals surface area contributed by atoms with Crippen LogP contribution in [0.25, 0.3) is 0 Å². The zero-order chi connectivity index (χ0) is 16.6. The summed E-state index contributed by atoms with van der Waals surface area (Å²) in [5.41, 5.74) is 2.65. The Bertz CT molecular complexity index is 600. The van der Waals surface area contributed by atoms with Crippen molar-refractivity contribution in [2.75, 3.05) is 20.2 Å². The molecule has 0 radical (unpaired) electrons. The third-order valence-electron chi connectivity index (χ3n) is 5.03. The summed E-state index contributed by atoms with van der Waals surface area (Å²) < 4.78 is 5.76. The summed E-state index contributed by atoms with van der Waals surface area (Å²) in [5, 5.41) is 3.40. The summed E-state index contributed by atoms with van der Waals surface area (Å²) in [6.07, 6.45) is 2.72. The van der Waals surface area contributed by atoms with Gasteiger partial charge in [-0.05, 0) is 58.2 Å². The number of pyridine rings is 1. The first kappa shape index (κ1) is 16.4. The van der Waals surface area contributed by atoms with Crippen LogP contribution in [-0.4, -0.2) is 47.6 Å². The number of nitrogens with zero attached hydrogens (tertiary/aromatic N) is 2. The number of aromatic nitrogens is 1. The maximum Gasteiger partial charge on any atom is 0.272 e. The molecule has 2 atom stereocenters. The second-order valence-electron chi connectivity index (χ2n) is 7.34. The fourth-order valence-electron chi connectivity index (χ4n) is 3.61. The van der Waals surface area contributed by atoms with Crippen molar-refractivity contribution >= 4 is 5.91 Å². The third kappa shape index (κ3) is 3.40. The molecular weight excluding hydrogens is 290 g/mol. The van der Waals surface area contributed by atoms with Gasteiger partial charge in [-0.3, -0.25) is 4.79 Å². The number of hydrogen-bond donors (Lipinski definition) is 1. The molecule has 1 unspecified atom stereocenters. The molecule has 126 valence electrons. The molecule has 5 heteroatoms. The average Bonchev–Trinajstić information content (AvgIpc) is 2.52. The van der Waals surface area contributed by atoms with Gasteiger partial charge in [0.2, 0.25) is 0 Å². The quantitative estimate of drug-likeness (QED) is 0.909. The van der Waals surface area contributed by atoms with Gasteiger partial charge < -0.3 is 15.0 Å². The van der Waals surface area contributed by atoms with Gasteiger partial charge in [0.25, 0.3) is 5.91 Å². The molecule has 3 heterocycles. The van der Waals surface area contributed by atoms with Crippen LogP contribution >= 0.6 is 0 Å². The zero-order valence-electron chi connectivity index (χ0n) is 14.6. The van der Waals surface area contributed by atoms with Crippen molar-refractivity contribution in [1.29, 1.82) is 0 Å². The Kier molecular flexibility index (Phi) is 4.43. The highest BCUT2D eigenvalue weighted by molar-refractivity contribution is 5.92. The van der Waals surface area contributed by atoms with E-state index in [0.717, 1.165) is 31.5 Å². The van der Waals surface area contributed by atoms with E-state index in [0.29, 0.717) is 12.3 Å². The Morgan fingerprint density at radius 2 is 2.22 bits per heavy atom. The van der Waals surface area contributed by atoms with Crippen LogP contribution in [-0.2, 0) is 11.2 Å². The smallest absolute Gasteiger partial charge is 0.272 e. The first-order valence-corrected chi connectivity index (χ1v) is 8.52. The molecular formula is C18H27N3O2. The molecule has 5 nitrogen and oxygen atoms in total. The van der Waals surface area contributed by atoms with Gasteiger partial charge in [-0.15, -0.1) is 0 Å². The molecule has 0 saturated carbocycles. The van der Waals surface area contributed by atoms with Crippen LogP contribution in [0.15, 0.2) is 12.1 Å². The van der Waals surface area contributed by atoms with Gasteiger partial charge >= 0.3 is 0 Å². The van der Waals surface area contributed by atoms with Gasteiger partial charge in [0.05, 0.1) is 11.3 Å². The second-order valence-corrected chi connectivity index (χ2v) is 7.34. The molecule has 0 aromatic carbocycles. The highest BCUT2D eigenvalue weighted by atomic mass is 16.5. The lowest BCUT2D eigenvalue weighted by atomic mass is 9.93. The van der Waals surface area contributed by atoms with Crippen molar-refractivity contribution in [3.8, 4) is 0 Å². The predicted octanol–water partition coefficient (Wildman–Crippen LogP) is 2.32. The van der Waals surface area contributed by atoms with Crippen molar-refractivity contribution in [2.45, 2.75) is 57.7 Å². The average molecular weight is 317 g/mol. The molecule has 1 aromatic heterocycles. The first-order chi connectivity index (χ1) is 10.9. The minimum Gasteiger partial charge on any atom is -0.375 e. The molecule has 0 aliphatic carbocycles. The third-order valence-corrected chi connectivity index (χ3v) is 5.03. The lowest BCUT2D eigenvalue weighted by Gasteiger charge is -2.39. The monoisotopic (exact) mass is 317 g/mol. The fourth-order valence-corrected chi connectivity index (χ4v) is 3.61. The minimum absolute atomic E-state index is 0.00766. The van der Waals surface area contributed by atoms with E-state index >= 15 is 0 Å². The second kappa shape index (κ2) is 6.21. The summed E-state index contributed by atoms with van der Waals surface area (Å²) >= 11 is 0. The number of hydrogen-bond acceptors (Lipinski definition) is 4. The molecule has 2 aliphatic rings. The Labute approximate surface area is 138 Å². The van der Waals surface area contributed by atoms with E-state index < -0.39 is 0 Å². The van der Waals surface area contributed by atoms with Crippen LogP contribution in [0.3, 0.4) is 0 Å². The first-order valence-electron chi connectivity index (χ1n) is 8.52. The lowest BCUT2D eigenvalue weighted by Crippen LogP contribution is -2.47. The molecule has 1 saturated heterocycles. The van der Waals surface area contributed by atoms with Gasteiger partial charge in [-0.25, -0.2) is 4.98 Å². The van der Waals surface area contributed by atoms with Gasteiger partial charge in [-0.1, -0.05) is 6.07 Å². The van der Waals surface area contributed by atoms with E-state index in [1.807, 2.05) is 18.0 Å². The highest BCUT2D eigenvalue weighted by Gasteiger charge is 2.33. The maximum absolute atomic E-state index is 12.8. The molecule has 1 amide bonds. The van der Waals surface area contributed by atoms with Gasteiger partial charge in [0, 0.05) is 25.7 Å². The summed E-state index contributed by atoms with van der Waals surface area (Å²) in [6.45, 7) is 7.95. The van der Waals surface area contributed by atoms with Crippen molar-refractivity contribution in [1.82, 2.24) is 15.2 Å². The molecule has 1 aromatic rings. The lowest BCUT2D eigenvalue weighted by molar-refractivity contribution is -0.0756. The van der Waals surface area contributed by atoms with Crippen molar-refractivity contribution < 1.29 is 9.53 Å². The minimum atomic E-state index is -0.167. The van der Waals surface area contributed by atoms with E-state index in [1.54, 1.807) is 0 Å². The van der Waals surface area contributed by atoms with Crippen LogP contribution in [0.5, 0.6) is 0 Å². The van der Waals surface area contributed by atoms with Crippen molar-refractivity contribution in [3.05, 3.63) is 29.1 Å². The van der Waals surface area contributed by atoms with Gasteiger partial charge in [-0.2, -0.15) is 0 Å². The van der Waals surface area contributed by atoms with E-state index in [4.69, 9.17) is 4.74 Å². The van der Waals surface area contributed by atoms with E-state index in [1.165, 1.54) is 5.56 Å². The fraction of sp³-hybridized carbons (Fsp3) is 0.667. The van der Waals surface area contributed by atoms with Crippen molar-refractivity contribution in [2.24, 2.45) is 0 Å². The van der Waals surface area contributed by atoms with Crippen LogP contribution in [0.2, 0.25) is 0 Å². The molecule has 1 N–H and O–H groups in total. The normalized spacial score (nSPS) is 26.4. The van der Waals surface area contributed by atoms with Crippen LogP contribution in [0.1, 0.15) is 61.4 Å². The zero-order valence-corrected chi connectivity index (χ0v) is 14.6.